The highest BCUT2D eigenvalue weighted by Crippen LogP contribution is 2.33. The van der Waals surface area contributed by atoms with Gasteiger partial charge in [0.1, 0.15) is 17.2 Å². The zero-order chi connectivity index (χ0) is 18.4. The Morgan fingerprint density at radius 3 is 2.88 bits per heavy atom. The topological polar surface area (TPSA) is 67.6 Å². The van der Waals surface area contributed by atoms with E-state index in [-0.39, 0.29) is 12.0 Å². The number of rotatable bonds is 2. The van der Waals surface area contributed by atoms with Crippen LogP contribution in [0.3, 0.4) is 0 Å². The second-order valence-corrected chi connectivity index (χ2v) is 8.44. The largest absolute Gasteiger partial charge is 0.458 e. The van der Waals surface area contributed by atoms with Crippen molar-refractivity contribution < 1.29 is 13.9 Å². The standard InChI is InChI=1S/C17H21BrClN3O3/c1-9-13(15(23)25-17(2,3)4)22(6-5-20-9)16-21-12-8-10(19)7-11(18)14(12)24-16/h7-9,13,20H,5-6H2,1-4H3. The number of carbonyl (C=O) groups is 1. The molecule has 1 aromatic heterocycles. The SMILES string of the molecule is CC1NCCN(c2nc3cc(Cl)cc(Br)c3o2)C1C(=O)OC(C)(C)C. The maximum atomic E-state index is 12.7. The van der Waals surface area contributed by atoms with Gasteiger partial charge < -0.3 is 19.4 Å². The van der Waals surface area contributed by atoms with Crippen molar-refractivity contribution in [2.24, 2.45) is 0 Å². The molecule has 1 aliphatic heterocycles. The number of piperazine rings is 1. The van der Waals surface area contributed by atoms with Crippen LogP contribution in [0.1, 0.15) is 27.7 Å². The minimum atomic E-state index is -0.558. The van der Waals surface area contributed by atoms with Crippen molar-refractivity contribution in [3.63, 3.8) is 0 Å². The lowest BCUT2D eigenvalue weighted by atomic mass is 10.1. The van der Waals surface area contributed by atoms with E-state index in [0.29, 0.717) is 28.7 Å². The van der Waals surface area contributed by atoms with E-state index in [9.17, 15) is 4.79 Å². The van der Waals surface area contributed by atoms with Crippen LogP contribution in [-0.4, -0.2) is 41.7 Å². The third-order valence-electron chi connectivity index (χ3n) is 3.92. The number of carbonyl (C=O) groups excluding carboxylic acids is 1. The first-order chi connectivity index (χ1) is 11.7. The summed E-state index contributed by atoms with van der Waals surface area (Å²) in [6.07, 6.45) is 0. The Kier molecular flexibility index (Phi) is 5.01. The van der Waals surface area contributed by atoms with E-state index in [1.165, 1.54) is 0 Å². The van der Waals surface area contributed by atoms with Crippen LogP contribution in [0.25, 0.3) is 11.1 Å². The molecule has 2 atom stereocenters. The first-order valence-electron chi connectivity index (χ1n) is 8.14. The average molecular weight is 431 g/mol. The van der Waals surface area contributed by atoms with Gasteiger partial charge in [-0.3, -0.25) is 0 Å². The molecule has 0 saturated carbocycles. The summed E-state index contributed by atoms with van der Waals surface area (Å²) in [5.41, 5.74) is 0.689. The predicted molar refractivity (Wildman–Crippen MR) is 101 cm³/mol. The van der Waals surface area contributed by atoms with E-state index in [1.807, 2.05) is 32.6 Å². The average Bonchev–Trinajstić information content (AvgIpc) is 2.89. The Bertz CT molecular complexity index is 802. The Balaban J connectivity index is 1.98. The lowest BCUT2D eigenvalue weighted by Crippen LogP contribution is -2.61. The summed E-state index contributed by atoms with van der Waals surface area (Å²) in [5.74, 6) is -0.299. The third kappa shape index (κ3) is 3.93. The smallest absolute Gasteiger partial charge is 0.331 e. The van der Waals surface area contributed by atoms with Gasteiger partial charge in [-0.1, -0.05) is 11.6 Å². The second-order valence-electron chi connectivity index (χ2n) is 7.15. The Labute approximate surface area is 160 Å². The van der Waals surface area contributed by atoms with Crippen molar-refractivity contribution >= 4 is 50.6 Å². The number of nitrogens with zero attached hydrogens (tertiary/aromatic N) is 2. The van der Waals surface area contributed by atoms with E-state index < -0.39 is 11.6 Å². The summed E-state index contributed by atoms with van der Waals surface area (Å²) in [6, 6.07) is 3.27. The van der Waals surface area contributed by atoms with Gasteiger partial charge in [0.05, 0.1) is 4.47 Å². The fraction of sp³-hybridized carbons (Fsp3) is 0.529. The van der Waals surface area contributed by atoms with Gasteiger partial charge in [0.2, 0.25) is 0 Å². The van der Waals surface area contributed by atoms with Crippen LogP contribution < -0.4 is 10.2 Å². The molecule has 6 nitrogen and oxygen atoms in total. The van der Waals surface area contributed by atoms with Crippen LogP contribution in [-0.2, 0) is 9.53 Å². The molecule has 1 N–H and O–H groups in total. The molecule has 1 aliphatic rings. The number of fused-ring (bicyclic) bond motifs is 1. The molecule has 0 spiro atoms. The molecule has 25 heavy (non-hydrogen) atoms. The molecular formula is C17H21BrClN3O3. The summed E-state index contributed by atoms with van der Waals surface area (Å²) >= 11 is 9.52. The van der Waals surface area contributed by atoms with E-state index in [2.05, 4.69) is 26.2 Å². The highest BCUT2D eigenvalue weighted by atomic mass is 79.9. The zero-order valence-electron chi connectivity index (χ0n) is 14.6. The summed E-state index contributed by atoms with van der Waals surface area (Å²) < 4.78 is 12.2. The van der Waals surface area contributed by atoms with Crippen LogP contribution in [0, 0.1) is 0 Å². The van der Waals surface area contributed by atoms with E-state index in [1.54, 1.807) is 12.1 Å². The molecule has 0 amide bonds. The molecule has 1 fully saturated rings. The molecule has 0 radical (unpaired) electrons. The molecule has 2 heterocycles. The van der Waals surface area contributed by atoms with Crippen LogP contribution >= 0.6 is 27.5 Å². The summed E-state index contributed by atoms with van der Waals surface area (Å²) in [7, 11) is 0. The quantitative estimate of drug-likeness (QED) is 0.732. The van der Waals surface area contributed by atoms with Crippen molar-refractivity contribution in [2.75, 3.05) is 18.0 Å². The predicted octanol–water partition coefficient (Wildman–Crippen LogP) is 3.75. The monoisotopic (exact) mass is 429 g/mol. The molecule has 1 saturated heterocycles. The minimum Gasteiger partial charge on any atom is -0.458 e. The number of anilines is 1. The van der Waals surface area contributed by atoms with Crippen molar-refractivity contribution in [2.45, 2.75) is 45.4 Å². The minimum absolute atomic E-state index is 0.0920. The van der Waals surface area contributed by atoms with Crippen LogP contribution in [0.5, 0.6) is 0 Å². The molecule has 0 aliphatic carbocycles. The highest BCUT2D eigenvalue weighted by molar-refractivity contribution is 9.10. The van der Waals surface area contributed by atoms with E-state index in [4.69, 9.17) is 20.8 Å². The third-order valence-corrected chi connectivity index (χ3v) is 4.73. The number of esters is 1. The Morgan fingerprint density at radius 1 is 1.48 bits per heavy atom. The molecule has 2 unspecified atom stereocenters. The highest BCUT2D eigenvalue weighted by Gasteiger charge is 2.39. The number of oxazole rings is 1. The molecule has 0 bridgehead atoms. The number of benzene rings is 1. The van der Waals surface area contributed by atoms with E-state index >= 15 is 0 Å². The number of aromatic nitrogens is 1. The van der Waals surface area contributed by atoms with Crippen LogP contribution in [0.2, 0.25) is 5.02 Å². The maximum Gasteiger partial charge on any atom is 0.331 e. The van der Waals surface area contributed by atoms with E-state index in [0.717, 1.165) is 11.0 Å². The molecule has 1 aromatic carbocycles. The lowest BCUT2D eigenvalue weighted by molar-refractivity contribution is -0.157. The molecule has 3 rings (SSSR count). The Hall–Kier alpha value is -1.31. The number of halogens is 2. The number of nitrogens with one attached hydrogen (secondary N) is 1. The first-order valence-corrected chi connectivity index (χ1v) is 9.31. The van der Waals surface area contributed by atoms with Crippen molar-refractivity contribution in [3.05, 3.63) is 21.6 Å². The van der Waals surface area contributed by atoms with Crippen molar-refractivity contribution in [1.82, 2.24) is 10.3 Å². The number of hydrogen-bond acceptors (Lipinski definition) is 6. The fourth-order valence-electron chi connectivity index (χ4n) is 2.91. The van der Waals surface area contributed by atoms with Gasteiger partial charge in [-0.25, -0.2) is 4.79 Å². The zero-order valence-corrected chi connectivity index (χ0v) is 16.9. The molecule has 136 valence electrons. The number of ether oxygens (including phenoxy) is 1. The normalized spacial score (nSPS) is 21.6. The maximum absolute atomic E-state index is 12.7. The fourth-order valence-corrected chi connectivity index (χ4v) is 3.79. The summed E-state index contributed by atoms with van der Waals surface area (Å²) in [5, 5.41) is 3.88. The van der Waals surface area contributed by atoms with Crippen molar-refractivity contribution in [3.8, 4) is 0 Å². The second kappa shape index (κ2) is 6.78. The molecular weight excluding hydrogens is 410 g/mol. The number of hydrogen-bond donors (Lipinski definition) is 1. The van der Waals surface area contributed by atoms with Gasteiger partial charge in [0.15, 0.2) is 5.58 Å². The van der Waals surface area contributed by atoms with Crippen molar-refractivity contribution in [1.29, 1.82) is 0 Å². The molecule has 2 aromatic rings. The summed E-state index contributed by atoms with van der Waals surface area (Å²) in [4.78, 5) is 19.1. The molecule has 8 heteroatoms. The Morgan fingerprint density at radius 2 is 2.20 bits per heavy atom. The lowest BCUT2D eigenvalue weighted by Gasteiger charge is -2.39. The van der Waals surface area contributed by atoms with Gasteiger partial charge in [-0.15, -0.1) is 0 Å². The first kappa shape index (κ1) is 18.5. The summed E-state index contributed by atoms with van der Waals surface area (Å²) in [6.45, 7) is 8.84. The van der Waals surface area contributed by atoms with Gasteiger partial charge in [0, 0.05) is 24.2 Å². The van der Waals surface area contributed by atoms with Crippen LogP contribution in [0.4, 0.5) is 6.01 Å². The van der Waals surface area contributed by atoms with Gasteiger partial charge in [-0.2, -0.15) is 4.98 Å². The van der Waals surface area contributed by atoms with Gasteiger partial charge >= 0.3 is 5.97 Å². The van der Waals surface area contributed by atoms with Crippen LogP contribution in [0.15, 0.2) is 21.0 Å². The van der Waals surface area contributed by atoms with Gasteiger partial charge in [-0.05, 0) is 55.8 Å². The van der Waals surface area contributed by atoms with Gasteiger partial charge in [0.25, 0.3) is 6.01 Å².